The van der Waals surface area contributed by atoms with Gasteiger partial charge in [0.15, 0.2) is 0 Å². The molecule has 2 rings (SSSR count). The molecule has 1 heterocycles. The van der Waals surface area contributed by atoms with Crippen LogP contribution < -0.4 is 11.5 Å². The van der Waals surface area contributed by atoms with Crippen LogP contribution in [0.3, 0.4) is 0 Å². The van der Waals surface area contributed by atoms with Crippen LogP contribution in [0.15, 0.2) is 12.5 Å². The summed E-state index contributed by atoms with van der Waals surface area (Å²) in [6.45, 7) is 0. The second-order valence-corrected chi connectivity index (χ2v) is 3.73. The Morgan fingerprint density at radius 2 is 2.43 bits per heavy atom. The molecule has 0 radical (unpaired) electrons. The standard InChI is InChI=1S/C9H14N4O/c10-7(3-9(11)14)8-4-12-5-13(8)6-1-2-6/h4-7H,1-3,10H2,(H2,11,14)/t7-/m0/s1. The molecule has 5 heteroatoms. The minimum absolute atomic E-state index is 0.179. The highest BCUT2D eigenvalue weighted by Gasteiger charge is 2.27. The molecule has 0 aromatic carbocycles. The van der Waals surface area contributed by atoms with Crippen LogP contribution in [0.2, 0.25) is 0 Å². The van der Waals surface area contributed by atoms with Crippen molar-refractivity contribution in [2.45, 2.75) is 31.3 Å². The molecule has 4 N–H and O–H groups in total. The van der Waals surface area contributed by atoms with E-state index >= 15 is 0 Å². The molecule has 0 aliphatic heterocycles. The smallest absolute Gasteiger partial charge is 0.219 e. The molecule has 1 fully saturated rings. The molecule has 0 bridgehead atoms. The number of carbonyl (C=O) groups excluding carboxylic acids is 1. The first-order valence-electron chi connectivity index (χ1n) is 4.74. The maximum absolute atomic E-state index is 10.7. The van der Waals surface area contributed by atoms with Crippen molar-refractivity contribution in [2.24, 2.45) is 11.5 Å². The highest BCUT2D eigenvalue weighted by Crippen LogP contribution is 2.36. The molecule has 5 nitrogen and oxygen atoms in total. The monoisotopic (exact) mass is 194 g/mol. The first-order valence-corrected chi connectivity index (χ1v) is 4.74. The SMILES string of the molecule is NC(=O)C[C@H](N)c1cncn1C1CC1. The van der Waals surface area contributed by atoms with Crippen molar-refractivity contribution in [1.29, 1.82) is 0 Å². The van der Waals surface area contributed by atoms with E-state index in [0.29, 0.717) is 6.04 Å². The summed E-state index contributed by atoms with van der Waals surface area (Å²) in [6, 6.07) is 0.210. The van der Waals surface area contributed by atoms with Gasteiger partial charge in [-0.15, -0.1) is 0 Å². The number of amides is 1. The van der Waals surface area contributed by atoms with Gasteiger partial charge in [0.05, 0.1) is 18.1 Å². The second-order valence-electron chi connectivity index (χ2n) is 3.73. The average Bonchev–Trinajstić information content (AvgIpc) is 2.82. The van der Waals surface area contributed by atoms with Gasteiger partial charge in [0.1, 0.15) is 0 Å². The number of imidazole rings is 1. The van der Waals surface area contributed by atoms with E-state index in [1.54, 1.807) is 12.5 Å². The molecule has 0 spiro atoms. The Morgan fingerprint density at radius 3 is 3.00 bits per heavy atom. The van der Waals surface area contributed by atoms with Crippen LogP contribution >= 0.6 is 0 Å². The maximum atomic E-state index is 10.7. The zero-order valence-electron chi connectivity index (χ0n) is 7.89. The number of primary amides is 1. The molecule has 1 aromatic rings. The number of carbonyl (C=O) groups is 1. The Bertz CT molecular complexity index is 342. The lowest BCUT2D eigenvalue weighted by atomic mass is 10.1. The van der Waals surface area contributed by atoms with Gasteiger partial charge in [0.2, 0.25) is 5.91 Å². The van der Waals surface area contributed by atoms with Gasteiger partial charge in [-0.2, -0.15) is 0 Å². The van der Waals surface area contributed by atoms with Crippen molar-refractivity contribution in [3.63, 3.8) is 0 Å². The predicted octanol–water partition coefficient (Wildman–Crippen LogP) is 0.0932. The van der Waals surface area contributed by atoms with Crippen molar-refractivity contribution in [3.05, 3.63) is 18.2 Å². The fourth-order valence-corrected chi connectivity index (χ4v) is 1.58. The maximum Gasteiger partial charge on any atom is 0.219 e. The molecule has 1 atom stereocenters. The van der Waals surface area contributed by atoms with Crippen LogP contribution in [0.1, 0.15) is 37.0 Å². The molecule has 76 valence electrons. The van der Waals surface area contributed by atoms with Gasteiger partial charge < -0.3 is 16.0 Å². The van der Waals surface area contributed by atoms with Gasteiger partial charge in [0.25, 0.3) is 0 Å². The highest BCUT2D eigenvalue weighted by atomic mass is 16.1. The molecule has 1 aromatic heterocycles. The quantitative estimate of drug-likeness (QED) is 0.712. The highest BCUT2D eigenvalue weighted by molar-refractivity contribution is 5.74. The van der Waals surface area contributed by atoms with Crippen LogP contribution in [0, 0.1) is 0 Å². The molecule has 1 saturated carbocycles. The number of hydrogen-bond acceptors (Lipinski definition) is 3. The summed E-state index contributed by atoms with van der Waals surface area (Å²) in [4.78, 5) is 14.8. The van der Waals surface area contributed by atoms with Gasteiger partial charge in [-0.05, 0) is 12.8 Å². The third-order valence-electron chi connectivity index (χ3n) is 2.44. The lowest BCUT2D eigenvalue weighted by Crippen LogP contribution is -2.22. The van der Waals surface area contributed by atoms with Crippen molar-refractivity contribution >= 4 is 5.91 Å². The third kappa shape index (κ3) is 1.77. The summed E-state index contributed by atoms with van der Waals surface area (Å²) < 4.78 is 2.05. The van der Waals surface area contributed by atoms with Gasteiger partial charge in [-0.3, -0.25) is 4.79 Å². The molecule has 1 aliphatic carbocycles. The lowest BCUT2D eigenvalue weighted by Gasteiger charge is -2.12. The Morgan fingerprint density at radius 1 is 1.71 bits per heavy atom. The molecule has 14 heavy (non-hydrogen) atoms. The first-order chi connectivity index (χ1) is 6.68. The van der Waals surface area contributed by atoms with E-state index in [2.05, 4.69) is 4.98 Å². The Kier molecular flexibility index (Phi) is 2.25. The predicted molar refractivity (Wildman–Crippen MR) is 51.2 cm³/mol. The van der Waals surface area contributed by atoms with E-state index in [4.69, 9.17) is 11.5 Å². The van der Waals surface area contributed by atoms with Gasteiger partial charge >= 0.3 is 0 Å². The van der Waals surface area contributed by atoms with Crippen molar-refractivity contribution in [3.8, 4) is 0 Å². The number of nitrogens with two attached hydrogens (primary N) is 2. The Labute approximate surface area is 82.1 Å². The van der Waals surface area contributed by atoms with Gasteiger partial charge in [-0.25, -0.2) is 4.98 Å². The fraction of sp³-hybridized carbons (Fsp3) is 0.556. The van der Waals surface area contributed by atoms with Gasteiger partial charge in [0, 0.05) is 18.7 Å². The summed E-state index contributed by atoms with van der Waals surface area (Å²) >= 11 is 0. The summed E-state index contributed by atoms with van der Waals surface area (Å²) in [7, 11) is 0. The van der Waals surface area contributed by atoms with E-state index in [9.17, 15) is 4.79 Å². The van der Waals surface area contributed by atoms with Crippen LogP contribution in [-0.4, -0.2) is 15.5 Å². The molecular formula is C9H14N4O. The van der Waals surface area contributed by atoms with E-state index in [0.717, 1.165) is 5.69 Å². The van der Waals surface area contributed by atoms with Crippen LogP contribution in [0.4, 0.5) is 0 Å². The summed E-state index contributed by atoms with van der Waals surface area (Å²) in [6.07, 6.45) is 6.01. The Hall–Kier alpha value is -1.36. The lowest BCUT2D eigenvalue weighted by molar-refractivity contribution is -0.118. The number of aromatic nitrogens is 2. The molecule has 1 amide bonds. The minimum Gasteiger partial charge on any atom is -0.370 e. The largest absolute Gasteiger partial charge is 0.370 e. The summed E-state index contributed by atoms with van der Waals surface area (Å²) in [5, 5.41) is 0. The molecular weight excluding hydrogens is 180 g/mol. The van der Waals surface area contributed by atoms with Crippen molar-refractivity contribution in [2.75, 3.05) is 0 Å². The average molecular weight is 194 g/mol. The van der Waals surface area contributed by atoms with Crippen LogP contribution in [0.25, 0.3) is 0 Å². The van der Waals surface area contributed by atoms with Crippen molar-refractivity contribution < 1.29 is 4.79 Å². The third-order valence-corrected chi connectivity index (χ3v) is 2.44. The molecule has 1 aliphatic rings. The Balaban J connectivity index is 2.13. The number of rotatable bonds is 4. The first kappa shape index (κ1) is 9.21. The van der Waals surface area contributed by atoms with Gasteiger partial charge in [-0.1, -0.05) is 0 Å². The zero-order chi connectivity index (χ0) is 10.1. The fourth-order valence-electron chi connectivity index (χ4n) is 1.58. The summed E-state index contributed by atoms with van der Waals surface area (Å²) in [5.74, 6) is -0.374. The van der Waals surface area contributed by atoms with Crippen LogP contribution in [-0.2, 0) is 4.79 Å². The zero-order valence-corrected chi connectivity index (χ0v) is 7.89. The second kappa shape index (κ2) is 3.42. The molecule has 0 unspecified atom stereocenters. The van der Waals surface area contributed by atoms with E-state index in [1.807, 2.05) is 4.57 Å². The topological polar surface area (TPSA) is 86.9 Å². The van der Waals surface area contributed by atoms with Crippen molar-refractivity contribution in [1.82, 2.24) is 9.55 Å². The van der Waals surface area contributed by atoms with E-state index in [1.165, 1.54) is 12.8 Å². The van der Waals surface area contributed by atoms with E-state index < -0.39 is 0 Å². The summed E-state index contributed by atoms with van der Waals surface area (Å²) in [5.41, 5.74) is 11.8. The minimum atomic E-state index is -0.374. The molecule has 0 saturated heterocycles. The van der Waals surface area contributed by atoms with E-state index in [-0.39, 0.29) is 18.4 Å². The number of hydrogen-bond donors (Lipinski definition) is 2. The normalized spacial score (nSPS) is 18.1. The van der Waals surface area contributed by atoms with Crippen LogP contribution in [0.5, 0.6) is 0 Å². The number of nitrogens with zero attached hydrogens (tertiary/aromatic N) is 2.